The molecule has 0 spiro atoms. The summed E-state index contributed by atoms with van der Waals surface area (Å²) in [6.45, 7) is 0.883. The molecule has 1 saturated heterocycles. The number of anilines is 2. The minimum absolute atomic E-state index is 0.114. The van der Waals surface area contributed by atoms with Crippen molar-refractivity contribution in [3.63, 3.8) is 0 Å². The molecule has 3 heterocycles. The molecule has 0 saturated carbocycles. The van der Waals surface area contributed by atoms with Crippen molar-refractivity contribution in [2.24, 2.45) is 0 Å². The van der Waals surface area contributed by atoms with Crippen LogP contribution in [0.3, 0.4) is 0 Å². The molecule has 2 amide bonds. The van der Waals surface area contributed by atoms with Gasteiger partial charge in [-0.1, -0.05) is 48.0 Å². The highest BCUT2D eigenvalue weighted by Crippen LogP contribution is 2.34. The van der Waals surface area contributed by atoms with Gasteiger partial charge in [0.15, 0.2) is 11.6 Å². The van der Waals surface area contributed by atoms with Gasteiger partial charge in [0.25, 0.3) is 0 Å². The molecule has 1 aliphatic heterocycles. The number of amides is 2. The van der Waals surface area contributed by atoms with Crippen LogP contribution in [0.15, 0.2) is 79.3 Å². The summed E-state index contributed by atoms with van der Waals surface area (Å²) < 4.78 is 31.8. The van der Waals surface area contributed by atoms with Gasteiger partial charge in [0.2, 0.25) is 17.8 Å². The van der Waals surface area contributed by atoms with Gasteiger partial charge in [-0.15, -0.1) is 0 Å². The quantitative estimate of drug-likeness (QED) is 0.216. The normalized spacial score (nSPS) is 16.2. The van der Waals surface area contributed by atoms with Crippen LogP contribution >= 0.6 is 11.6 Å². The van der Waals surface area contributed by atoms with E-state index >= 15 is 4.39 Å². The van der Waals surface area contributed by atoms with Gasteiger partial charge in [0.05, 0.1) is 12.2 Å². The molecule has 0 unspecified atom stereocenters. The van der Waals surface area contributed by atoms with Crippen molar-refractivity contribution in [2.75, 3.05) is 17.6 Å². The molecular weight excluding hydrogens is 602 g/mol. The summed E-state index contributed by atoms with van der Waals surface area (Å²) in [6, 6.07) is 15.4. The molecule has 1 fully saturated rings. The van der Waals surface area contributed by atoms with Crippen molar-refractivity contribution < 1.29 is 23.2 Å². The number of carbonyl (C=O) groups excluding carboxylic acids is 3. The number of hydrogen-bond acceptors (Lipinski definition) is 6. The fourth-order valence-electron chi connectivity index (χ4n) is 5.65. The molecule has 12 heteroatoms. The number of halogens is 3. The Bertz CT molecular complexity index is 1960. The van der Waals surface area contributed by atoms with Crippen molar-refractivity contribution in [3.05, 3.63) is 95.7 Å². The molecule has 0 bridgehead atoms. The van der Waals surface area contributed by atoms with Crippen LogP contribution in [-0.2, 0) is 16.1 Å². The summed E-state index contributed by atoms with van der Waals surface area (Å²) >= 11 is 6.26. The molecule has 1 aliphatic rings. The molecule has 0 radical (unpaired) electrons. The van der Waals surface area contributed by atoms with E-state index in [2.05, 4.69) is 15.3 Å². The smallest absolute Gasteiger partial charge is 0.247 e. The van der Waals surface area contributed by atoms with E-state index in [-0.39, 0.29) is 42.5 Å². The standard InChI is InChI=1S/C33H27ClF2N6O3/c1-18(43)25-16-41(28-10-9-19(11-24(25)28)20-13-38-33(37)39-14-20)17-30(44)42-15-21(35)12-29(42)32(45)40-27-8-4-6-23(31(27)36)22-5-2-3-7-26(22)34/h2-11,13-14,16,21,29H,12,15,17H2,1H3,(H,40,45)(H2,37,38,39)/t21-,29+/m1/s1. The van der Waals surface area contributed by atoms with E-state index in [0.29, 0.717) is 32.6 Å². The van der Waals surface area contributed by atoms with Crippen LogP contribution in [0, 0.1) is 5.82 Å². The van der Waals surface area contributed by atoms with E-state index in [1.54, 1.807) is 77.8 Å². The summed E-state index contributed by atoms with van der Waals surface area (Å²) in [5.74, 6) is -2.01. The van der Waals surface area contributed by atoms with Gasteiger partial charge in [-0.05, 0) is 36.8 Å². The number of rotatable bonds is 7. The van der Waals surface area contributed by atoms with Crippen molar-refractivity contribution in [1.29, 1.82) is 0 Å². The van der Waals surface area contributed by atoms with Crippen LogP contribution < -0.4 is 11.1 Å². The Balaban J connectivity index is 1.25. The number of nitrogens with two attached hydrogens (primary N) is 1. The van der Waals surface area contributed by atoms with Crippen LogP contribution in [0.5, 0.6) is 0 Å². The third-order valence-corrected chi connectivity index (χ3v) is 8.19. The number of nitrogens with one attached hydrogen (secondary N) is 1. The Morgan fingerprint density at radius 3 is 2.49 bits per heavy atom. The summed E-state index contributed by atoms with van der Waals surface area (Å²) in [7, 11) is 0. The number of fused-ring (bicyclic) bond motifs is 1. The SMILES string of the molecule is CC(=O)c1cn(CC(=O)N2C[C@H](F)C[C@H]2C(=O)Nc2cccc(-c3ccccc3Cl)c2F)c2ccc(-c3cnc(N)nc3)cc12. The first-order chi connectivity index (χ1) is 21.6. The van der Waals surface area contributed by atoms with Crippen molar-refractivity contribution in [3.8, 4) is 22.3 Å². The summed E-state index contributed by atoms with van der Waals surface area (Å²) in [5, 5.41) is 3.49. The van der Waals surface area contributed by atoms with Crippen LogP contribution in [0.4, 0.5) is 20.4 Å². The lowest BCUT2D eigenvalue weighted by Crippen LogP contribution is -2.44. The second-order valence-electron chi connectivity index (χ2n) is 10.8. The molecule has 2 atom stereocenters. The number of likely N-dealkylation sites (tertiary alicyclic amines) is 1. The number of aromatic nitrogens is 3. The van der Waals surface area contributed by atoms with E-state index in [0.717, 1.165) is 10.5 Å². The first kappa shape index (κ1) is 29.9. The molecule has 6 rings (SSSR count). The predicted molar refractivity (Wildman–Crippen MR) is 168 cm³/mol. The number of ketones is 1. The molecule has 0 aliphatic carbocycles. The molecule has 45 heavy (non-hydrogen) atoms. The average Bonchev–Trinajstić information content (AvgIpc) is 3.59. The Kier molecular flexibility index (Phi) is 8.03. The van der Waals surface area contributed by atoms with Gasteiger partial charge in [-0.3, -0.25) is 14.4 Å². The lowest BCUT2D eigenvalue weighted by atomic mass is 10.0. The first-order valence-electron chi connectivity index (χ1n) is 14.1. The van der Waals surface area contributed by atoms with Crippen molar-refractivity contribution in [1.82, 2.24) is 19.4 Å². The van der Waals surface area contributed by atoms with Gasteiger partial charge < -0.3 is 20.5 Å². The number of Topliss-reactive ketones (excluding diaryl/α,β-unsaturated/α-hetero) is 1. The van der Waals surface area contributed by atoms with E-state index < -0.39 is 29.8 Å². The van der Waals surface area contributed by atoms with Gasteiger partial charge >= 0.3 is 0 Å². The third-order valence-electron chi connectivity index (χ3n) is 7.86. The van der Waals surface area contributed by atoms with Crippen LogP contribution in [0.25, 0.3) is 33.2 Å². The minimum Gasteiger partial charge on any atom is -0.368 e. The zero-order valence-corrected chi connectivity index (χ0v) is 24.8. The maximum absolute atomic E-state index is 15.5. The molecule has 228 valence electrons. The number of alkyl halides is 1. The first-order valence-corrected chi connectivity index (χ1v) is 14.5. The average molecular weight is 629 g/mol. The van der Waals surface area contributed by atoms with Gasteiger partial charge in [-0.2, -0.15) is 0 Å². The highest BCUT2D eigenvalue weighted by molar-refractivity contribution is 6.33. The monoisotopic (exact) mass is 628 g/mol. The number of carbonyl (C=O) groups is 3. The Labute approximate surface area is 261 Å². The minimum atomic E-state index is -1.44. The van der Waals surface area contributed by atoms with Gasteiger partial charge in [0.1, 0.15) is 18.8 Å². The van der Waals surface area contributed by atoms with E-state index in [4.69, 9.17) is 17.3 Å². The van der Waals surface area contributed by atoms with E-state index in [1.807, 2.05) is 0 Å². The number of hydrogen-bond donors (Lipinski definition) is 2. The molecular formula is C33H27ClF2N6O3. The maximum Gasteiger partial charge on any atom is 0.247 e. The van der Waals surface area contributed by atoms with Crippen LogP contribution in [0.1, 0.15) is 23.7 Å². The highest BCUT2D eigenvalue weighted by atomic mass is 35.5. The third kappa shape index (κ3) is 5.86. The Hall–Kier alpha value is -5.16. The molecule has 3 aromatic carbocycles. The lowest BCUT2D eigenvalue weighted by Gasteiger charge is -2.24. The predicted octanol–water partition coefficient (Wildman–Crippen LogP) is 5.92. The topological polar surface area (TPSA) is 123 Å². The van der Waals surface area contributed by atoms with Gasteiger partial charge in [0, 0.05) is 63.2 Å². The largest absolute Gasteiger partial charge is 0.368 e. The molecule has 5 aromatic rings. The lowest BCUT2D eigenvalue weighted by molar-refractivity contribution is -0.137. The van der Waals surface area contributed by atoms with Crippen LogP contribution in [0.2, 0.25) is 5.02 Å². The van der Waals surface area contributed by atoms with Crippen LogP contribution in [-0.4, -0.2) is 55.8 Å². The van der Waals surface area contributed by atoms with E-state index in [1.165, 1.54) is 13.0 Å². The maximum atomic E-state index is 15.5. The van der Waals surface area contributed by atoms with Gasteiger partial charge in [-0.25, -0.2) is 18.7 Å². The number of benzene rings is 3. The fourth-order valence-corrected chi connectivity index (χ4v) is 5.89. The number of nitrogens with zero attached hydrogens (tertiary/aromatic N) is 4. The van der Waals surface area contributed by atoms with E-state index in [9.17, 15) is 18.8 Å². The molecule has 3 N–H and O–H groups in total. The summed E-state index contributed by atoms with van der Waals surface area (Å²) in [6.07, 6.45) is 3.04. The second kappa shape index (κ2) is 12.1. The van der Waals surface area contributed by atoms with Crippen molar-refractivity contribution in [2.45, 2.75) is 32.1 Å². The second-order valence-corrected chi connectivity index (χ2v) is 11.2. The fraction of sp³-hybridized carbons (Fsp3) is 0.182. The Morgan fingerprint density at radius 2 is 1.76 bits per heavy atom. The molecule has 2 aromatic heterocycles. The highest BCUT2D eigenvalue weighted by Gasteiger charge is 2.40. The zero-order chi connectivity index (χ0) is 31.8. The molecule has 9 nitrogen and oxygen atoms in total. The summed E-state index contributed by atoms with van der Waals surface area (Å²) in [5.41, 5.74) is 8.56. The Morgan fingerprint density at radius 1 is 1.02 bits per heavy atom. The summed E-state index contributed by atoms with van der Waals surface area (Å²) in [4.78, 5) is 48.7. The van der Waals surface area contributed by atoms with Crippen molar-refractivity contribution >= 4 is 51.7 Å². The number of nitrogen functional groups attached to an aromatic ring is 1. The zero-order valence-electron chi connectivity index (χ0n) is 24.0.